The van der Waals surface area contributed by atoms with E-state index in [0.717, 1.165) is 18.7 Å². The summed E-state index contributed by atoms with van der Waals surface area (Å²) in [6, 6.07) is 13.6. The molecule has 0 saturated carbocycles. The maximum absolute atomic E-state index is 14.3. The van der Waals surface area contributed by atoms with Gasteiger partial charge < -0.3 is 9.47 Å². The van der Waals surface area contributed by atoms with Gasteiger partial charge in [-0.05, 0) is 48.7 Å². The average Bonchev–Trinajstić information content (AvgIpc) is 3.38. The van der Waals surface area contributed by atoms with Crippen molar-refractivity contribution in [2.24, 2.45) is 5.92 Å². The molecule has 6 nitrogen and oxygen atoms in total. The summed E-state index contributed by atoms with van der Waals surface area (Å²) >= 11 is 1.30. The molecular weight excluding hydrogens is 427 g/mol. The summed E-state index contributed by atoms with van der Waals surface area (Å²) in [5, 5.41) is 9.04. The molecule has 0 aliphatic carbocycles. The largest absolute Gasteiger partial charge is 0.312 e. The van der Waals surface area contributed by atoms with Crippen LogP contribution in [0.2, 0.25) is 0 Å². The van der Waals surface area contributed by atoms with E-state index in [1.807, 2.05) is 16.7 Å². The lowest BCUT2D eigenvalue weighted by Gasteiger charge is -2.15. The lowest BCUT2D eigenvalue weighted by Crippen LogP contribution is -2.23. The van der Waals surface area contributed by atoms with E-state index >= 15 is 0 Å². The summed E-state index contributed by atoms with van der Waals surface area (Å²) in [6.07, 6.45) is 1.44. The minimum Gasteiger partial charge on any atom is -0.312 e. The lowest BCUT2D eigenvalue weighted by molar-refractivity contribution is -0.117. The van der Waals surface area contributed by atoms with Crippen LogP contribution in [0.1, 0.15) is 37.0 Å². The molecule has 1 aliphatic heterocycles. The molecule has 0 radical (unpaired) electrons. The first-order valence-corrected chi connectivity index (χ1v) is 11.7. The number of thioether (sulfide) groups is 1. The van der Waals surface area contributed by atoms with Crippen LogP contribution in [0.4, 0.5) is 10.1 Å². The summed E-state index contributed by atoms with van der Waals surface area (Å²) in [6.45, 7) is 5.47. The van der Waals surface area contributed by atoms with Gasteiger partial charge in [0, 0.05) is 30.8 Å². The predicted octanol–water partition coefficient (Wildman–Crippen LogP) is 4.84. The number of Topliss-reactive ketones (excluding diaryl/α,β-unsaturated/α-hetero) is 1. The SMILES string of the molecule is CC(C)Cn1c(SCC(=O)c2ccc(N3CCCC3=O)cc2)nnc1-c1ccccc1F. The number of ketones is 1. The van der Waals surface area contributed by atoms with Gasteiger partial charge in [-0.15, -0.1) is 10.2 Å². The number of hydrogen-bond donors (Lipinski definition) is 0. The van der Waals surface area contributed by atoms with Crippen LogP contribution in [0.15, 0.2) is 53.7 Å². The highest BCUT2D eigenvalue weighted by Gasteiger charge is 2.22. The molecule has 0 atom stereocenters. The molecule has 0 unspecified atom stereocenters. The highest BCUT2D eigenvalue weighted by atomic mass is 32.2. The normalized spacial score (nSPS) is 13.9. The smallest absolute Gasteiger partial charge is 0.227 e. The molecule has 0 bridgehead atoms. The summed E-state index contributed by atoms with van der Waals surface area (Å²) < 4.78 is 16.2. The Morgan fingerprint density at radius 1 is 1.12 bits per heavy atom. The molecule has 1 amide bonds. The van der Waals surface area contributed by atoms with E-state index in [0.29, 0.717) is 41.0 Å². The number of carbonyl (C=O) groups excluding carboxylic acids is 2. The monoisotopic (exact) mass is 452 g/mol. The third kappa shape index (κ3) is 4.75. The molecule has 1 aromatic heterocycles. The maximum atomic E-state index is 14.3. The quantitative estimate of drug-likeness (QED) is 0.361. The molecule has 2 heterocycles. The van der Waals surface area contributed by atoms with Gasteiger partial charge in [0.15, 0.2) is 16.8 Å². The van der Waals surface area contributed by atoms with Gasteiger partial charge in [-0.3, -0.25) is 9.59 Å². The first-order valence-electron chi connectivity index (χ1n) is 10.7. The van der Waals surface area contributed by atoms with Crippen molar-refractivity contribution in [3.8, 4) is 11.4 Å². The fraction of sp³-hybridized carbons (Fsp3) is 0.333. The van der Waals surface area contributed by atoms with Crippen LogP contribution in [-0.2, 0) is 11.3 Å². The van der Waals surface area contributed by atoms with E-state index in [9.17, 15) is 14.0 Å². The Bertz CT molecular complexity index is 1130. The van der Waals surface area contributed by atoms with Gasteiger partial charge in [-0.1, -0.05) is 37.7 Å². The molecule has 0 spiro atoms. The number of anilines is 1. The van der Waals surface area contributed by atoms with Crippen molar-refractivity contribution in [3.05, 3.63) is 59.9 Å². The zero-order valence-corrected chi connectivity index (χ0v) is 18.9. The first-order chi connectivity index (χ1) is 15.4. The number of hydrogen-bond acceptors (Lipinski definition) is 5. The predicted molar refractivity (Wildman–Crippen MR) is 123 cm³/mol. The topological polar surface area (TPSA) is 68.1 Å². The van der Waals surface area contributed by atoms with Crippen LogP contribution in [0.3, 0.4) is 0 Å². The van der Waals surface area contributed by atoms with Crippen LogP contribution >= 0.6 is 11.8 Å². The Kier molecular flexibility index (Phi) is 6.69. The molecule has 32 heavy (non-hydrogen) atoms. The lowest BCUT2D eigenvalue weighted by atomic mass is 10.1. The molecule has 2 aromatic carbocycles. The second-order valence-corrected chi connectivity index (χ2v) is 9.14. The van der Waals surface area contributed by atoms with Gasteiger partial charge in [-0.2, -0.15) is 0 Å². The molecule has 8 heteroatoms. The Morgan fingerprint density at radius 2 is 1.88 bits per heavy atom. The first kappa shape index (κ1) is 22.2. The van der Waals surface area contributed by atoms with Crippen LogP contribution in [0, 0.1) is 11.7 Å². The molecule has 0 N–H and O–H groups in total. The summed E-state index contributed by atoms with van der Waals surface area (Å²) in [4.78, 5) is 26.4. The third-order valence-electron chi connectivity index (χ3n) is 5.29. The van der Waals surface area contributed by atoms with Crippen molar-refractivity contribution in [1.82, 2.24) is 14.8 Å². The Morgan fingerprint density at radius 3 is 2.53 bits per heavy atom. The van der Waals surface area contributed by atoms with E-state index in [-0.39, 0.29) is 23.3 Å². The number of carbonyl (C=O) groups is 2. The van der Waals surface area contributed by atoms with E-state index in [1.54, 1.807) is 35.2 Å². The molecule has 1 aliphatic rings. The third-order valence-corrected chi connectivity index (χ3v) is 6.25. The van der Waals surface area contributed by atoms with Gasteiger partial charge in [0.25, 0.3) is 0 Å². The molecule has 1 saturated heterocycles. The summed E-state index contributed by atoms with van der Waals surface area (Å²) in [7, 11) is 0. The van der Waals surface area contributed by atoms with E-state index in [4.69, 9.17) is 0 Å². The van der Waals surface area contributed by atoms with Crippen molar-refractivity contribution in [1.29, 1.82) is 0 Å². The second kappa shape index (κ2) is 9.65. The molecule has 3 aromatic rings. The zero-order valence-electron chi connectivity index (χ0n) is 18.1. The minimum atomic E-state index is -0.353. The standard InChI is InChI=1S/C24H25FN4O2S/c1-16(2)14-29-23(19-6-3-4-7-20(19)25)26-27-24(29)32-15-21(30)17-9-11-18(12-10-17)28-13-5-8-22(28)31/h3-4,6-7,9-12,16H,5,8,13-15H2,1-2H3. The van der Waals surface area contributed by atoms with Gasteiger partial charge in [-0.25, -0.2) is 4.39 Å². The fourth-order valence-corrected chi connectivity index (χ4v) is 4.57. The number of benzene rings is 2. The average molecular weight is 453 g/mol. The van der Waals surface area contributed by atoms with Gasteiger partial charge in [0.1, 0.15) is 5.82 Å². The fourth-order valence-electron chi connectivity index (χ4n) is 3.73. The Balaban J connectivity index is 1.49. The Hall–Kier alpha value is -3.00. The minimum absolute atomic E-state index is 0.0409. The van der Waals surface area contributed by atoms with E-state index in [2.05, 4.69) is 24.0 Å². The van der Waals surface area contributed by atoms with Gasteiger partial charge in [0.2, 0.25) is 5.91 Å². The number of rotatable bonds is 8. The van der Waals surface area contributed by atoms with Gasteiger partial charge in [0.05, 0.1) is 11.3 Å². The maximum Gasteiger partial charge on any atom is 0.227 e. The highest BCUT2D eigenvalue weighted by Crippen LogP contribution is 2.28. The van der Waals surface area contributed by atoms with E-state index in [1.165, 1.54) is 17.8 Å². The highest BCUT2D eigenvalue weighted by molar-refractivity contribution is 7.99. The summed E-state index contributed by atoms with van der Waals surface area (Å²) in [5.74, 6) is 0.679. The van der Waals surface area contributed by atoms with Crippen molar-refractivity contribution in [2.45, 2.75) is 38.4 Å². The van der Waals surface area contributed by atoms with Crippen LogP contribution in [-0.4, -0.2) is 38.8 Å². The van der Waals surface area contributed by atoms with Crippen LogP contribution < -0.4 is 4.90 Å². The van der Waals surface area contributed by atoms with Crippen molar-refractivity contribution < 1.29 is 14.0 Å². The zero-order chi connectivity index (χ0) is 22.7. The number of nitrogens with zero attached hydrogens (tertiary/aromatic N) is 4. The number of aromatic nitrogens is 3. The van der Waals surface area contributed by atoms with Crippen LogP contribution in [0.5, 0.6) is 0 Å². The van der Waals surface area contributed by atoms with Crippen LogP contribution in [0.25, 0.3) is 11.4 Å². The molecule has 4 rings (SSSR count). The molecule has 1 fully saturated rings. The second-order valence-electron chi connectivity index (χ2n) is 8.20. The van der Waals surface area contributed by atoms with Crippen molar-refractivity contribution in [3.63, 3.8) is 0 Å². The van der Waals surface area contributed by atoms with Crippen molar-refractivity contribution >= 4 is 29.1 Å². The molecule has 166 valence electrons. The van der Waals surface area contributed by atoms with E-state index < -0.39 is 0 Å². The Labute approximate surface area is 190 Å². The number of halogens is 1. The summed E-state index contributed by atoms with van der Waals surface area (Å²) in [5.41, 5.74) is 1.80. The van der Waals surface area contributed by atoms with Crippen molar-refractivity contribution in [2.75, 3.05) is 17.2 Å². The van der Waals surface area contributed by atoms with Gasteiger partial charge >= 0.3 is 0 Å². The molecular formula is C24H25FN4O2S. The number of amides is 1.